The van der Waals surface area contributed by atoms with Gasteiger partial charge in [-0.2, -0.15) is 0 Å². The van der Waals surface area contributed by atoms with E-state index in [0.717, 1.165) is 0 Å². The van der Waals surface area contributed by atoms with Crippen LogP contribution in [0.3, 0.4) is 0 Å². The Balaban J connectivity index is 0.000000980. The molecule has 2 rings (SSSR count). The monoisotopic (exact) mass is 183 g/mol. The van der Waals surface area contributed by atoms with Gasteiger partial charge >= 0.3 is 18.9 Å². The molecule has 1 nitrogen and oxygen atoms in total. The second-order valence-corrected chi connectivity index (χ2v) is 3.88. The average molecular weight is 183 g/mol. The molecule has 2 heteroatoms. The van der Waals surface area contributed by atoms with Crippen LogP contribution in [0.2, 0.25) is 0 Å². The molecule has 1 aliphatic heterocycles. The average Bonchev–Trinajstić information content (AvgIpc) is 2.20. The molecule has 0 amide bonds. The molecule has 0 bridgehead atoms. The van der Waals surface area contributed by atoms with Crippen molar-refractivity contribution < 1.29 is 0 Å². The van der Waals surface area contributed by atoms with Crippen molar-refractivity contribution in [3.05, 3.63) is 29.8 Å². The zero-order valence-corrected chi connectivity index (χ0v) is 8.29. The first-order valence-corrected chi connectivity index (χ1v) is 5.18. The van der Waals surface area contributed by atoms with Crippen LogP contribution in [-0.2, 0) is 0 Å². The van der Waals surface area contributed by atoms with E-state index in [1.165, 1.54) is 43.6 Å². The Morgan fingerprint density at radius 2 is 1.50 bits per heavy atom. The summed E-state index contributed by atoms with van der Waals surface area (Å²) in [6.45, 7) is 4.62. The van der Waals surface area contributed by atoms with E-state index in [4.69, 9.17) is 0 Å². The molecule has 1 aliphatic rings. The second-order valence-electron chi connectivity index (χ2n) is 3.88. The molecule has 0 unspecified atom stereocenters. The van der Waals surface area contributed by atoms with Gasteiger partial charge in [-0.05, 0) is 38.3 Å². The summed E-state index contributed by atoms with van der Waals surface area (Å²) >= 11 is 0. The Hall–Kier alpha value is -0.383. The maximum atomic E-state index is 2.49. The van der Waals surface area contributed by atoms with Crippen molar-refractivity contribution in [1.82, 2.24) is 0 Å². The molecule has 0 radical (unpaired) electrons. The summed E-state index contributed by atoms with van der Waals surface area (Å²) in [5.74, 6) is 0. The predicted molar refractivity (Wildman–Crippen MR) is 64.4 cm³/mol. The molecule has 72 valence electrons. The number of hydrogen-bond acceptors (Lipinski definition) is 1. The molecule has 14 heavy (non-hydrogen) atoms. The van der Waals surface area contributed by atoms with Crippen molar-refractivity contribution in [1.29, 1.82) is 0 Å². The molecule has 1 saturated heterocycles. The zero-order chi connectivity index (χ0) is 9.10. The van der Waals surface area contributed by atoms with Crippen LogP contribution in [0.5, 0.6) is 0 Å². The first kappa shape index (κ1) is 11.7. The normalized spacial score (nSPS) is 16.2. The molecule has 1 fully saturated rings. The van der Waals surface area contributed by atoms with E-state index in [0.29, 0.717) is 0 Å². The fourth-order valence-electron chi connectivity index (χ4n) is 1.91. The summed E-state index contributed by atoms with van der Waals surface area (Å²) in [5, 5.41) is 0. The number of hydrogen-bond donors (Lipinski definition) is 0. The zero-order valence-electron chi connectivity index (χ0n) is 8.29. The van der Waals surface area contributed by atoms with Gasteiger partial charge in [0.25, 0.3) is 0 Å². The SMILES string of the molecule is Cc1ccc(N2CCCCC2)cc1.[LiH]. The van der Waals surface area contributed by atoms with Crippen molar-refractivity contribution in [2.45, 2.75) is 26.2 Å². The third kappa shape index (κ3) is 2.80. The molecular formula is C12H18LiN. The molecule has 0 saturated carbocycles. The van der Waals surface area contributed by atoms with E-state index in [1.54, 1.807) is 0 Å². The standard InChI is InChI=1S/C12H17N.Li.H/c1-11-5-7-12(8-6-11)13-9-3-2-4-10-13;;/h5-8H,2-4,9-10H2,1H3;;. The summed E-state index contributed by atoms with van der Waals surface area (Å²) in [4.78, 5) is 2.49. The summed E-state index contributed by atoms with van der Waals surface area (Å²) in [7, 11) is 0. The van der Waals surface area contributed by atoms with E-state index in [-0.39, 0.29) is 18.9 Å². The van der Waals surface area contributed by atoms with E-state index in [2.05, 4.69) is 36.1 Å². The maximum absolute atomic E-state index is 2.49. The van der Waals surface area contributed by atoms with Gasteiger partial charge in [0.15, 0.2) is 0 Å². The predicted octanol–water partition coefficient (Wildman–Crippen LogP) is 2.34. The van der Waals surface area contributed by atoms with E-state index >= 15 is 0 Å². The summed E-state index contributed by atoms with van der Waals surface area (Å²) in [6, 6.07) is 8.87. The van der Waals surface area contributed by atoms with Gasteiger partial charge in [-0.3, -0.25) is 0 Å². The van der Waals surface area contributed by atoms with E-state index < -0.39 is 0 Å². The van der Waals surface area contributed by atoms with Crippen molar-refractivity contribution in [2.24, 2.45) is 0 Å². The van der Waals surface area contributed by atoms with Crippen LogP contribution in [-0.4, -0.2) is 32.0 Å². The van der Waals surface area contributed by atoms with Crippen LogP contribution in [0.1, 0.15) is 24.8 Å². The summed E-state index contributed by atoms with van der Waals surface area (Å²) < 4.78 is 0. The third-order valence-electron chi connectivity index (χ3n) is 2.76. The van der Waals surface area contributed by atoms with Gasteiger partial charge < -0.3 is 4.90 Å². The minimum absolute atomic E-state index is 0. The number of nitrogens with zero attached hydrogens (tertiary/aromatic N) is 1. The molecule has 0 aromatic heterocycles. The second kappa shape index (κ2) is 5.49. The number of aryl methyl sites for hydroxylation is 1. The molecule has 1 aromatic carbocycles. The fourth-order valence-corrected chi connectivity index (χ4v) is 1.91. The first-order chi connectivity index (χ1) is 6.36. The van der Waals surface area contributed by atoms with Gasteiger partial charge in [0.2, 0.25) is 0 Å². The molecule has 0 aliphatic carbocycles. The summed E-state index contributed by atoms with van der Waals surface area (Å²) in [6.07, 6.45) is 4.12. The Kier molecular flexibility index (Phi) is 4.58. The first-order valence-electron chi connectivity index (χ1n) is 5.18. The number of rotatable bonds is 1. The molecule has 0 atom stereocenters. The van der Waals surface area contributed by atoms with Gasteiger partial charge in [0.05, 0.1) is 0 Å². The molecule has 1 heterocycles. The van der Waals surface area contributed by atoms with Crippen molar-refractivity contribution in [2.75, 3.05) is 18.0 Å². The number of anilines is 1. The van der Waals surface area contributed by atoms with Crippen molar-refractivity contribution in [3.63, 3.8) is 0 Å². The number of benzene rings is 1. The van der Waals surface area contributed by atoms with Gasteiger partial charge in [0.1, 0.15) is 0 Å². The fraction of sp³-hybridized carbons (Fsp3) is 0.500. The Labute approximate surface area is 98.7 Å². The third-order valence-corrected chi connectivity index (χ3v) is 2.76. The van der Waals surface area contributed by atoms with E-state index in [9.17, 15) is 0 Å². The van der Waals surface area contributed by atoms with Crippen molar-refractivity contribution >= 4 is 24.5 Å². The van der Waals surface area contributed by atoms with Gasteiger partial charge in [-0.15, -0.1) is 0 Å². The Morgan fingerprint density at radius 1 is 0.929 bits per heavy atom. The summed E-state index contributed by atoms with van der Waals surface area (Å²) in [5.41, 5.74) is 2.74. The van der Waals surface area contributed by atoms with Crippen LogP contribution < -0.4 is 4.90 Å². The minimum atomic E-state index is 0. The van der Waals surface area contributed by atoms with Crippen LogP contribution in [0.25, 0.3) is 0 Å². The van der Waals surface area contributed by atoms with E-state index in [1.807, 2.05) is 0 Å². The topological polar surface area (TPSA) is 3.24 Å². The Bertz CT molecular complexity index is 262. The van der Waals surface area contributed by atoms with Gasteiger partial charge in [0, 0.05) is 18.8 Å². The molecule has 0 spiro atoms. The van der Waals surface area contributed by atoms with Crippen LogP contribution in [0.4, 0.5) is 5.69 Å². The molecule has 0 N–H and O–H groups in total. The van der Waals surface area contributed by atoms with Crippen LogP contribution >= 0.6 is 0 Å². The van der Waals surface area contributed by atoms with Gasteiger partial charge in [-0.25, -0.2) is 0 Å². The van der Waals surface area contributed by atoms with Gasteiger partial charge in [-0.1, -0.05) is 17.7 Å². The Morgan fingerprint density at radius 3 is 2.07 bits per heavy atom. The quantitative estimate of drug-likeness (QED) is 0.604. The van der Waals surface area contributed by atoms with Crippen molar-refractivity contribution in [3.8, 4) is 0 Å². The molecule has 1 aromatic rings. The van der Waals surface area contributed by atoms with Crippen LogP contribution in [0, 0.1) is 6.92 Å². The number of piperidine rings is 1. The van der Waals surface area contributed by atoms with Crippen LogP contribution in [0.15, 0.2) is 24.3 Å². The molecular weight excluding hydrogens is 165 g/mol.